The maximum atomic E-state index is 14.9. The first-order valence-corrected chi connectivity index (χ1v) is 20.2. The Balaban J connectivity index is 2.19. The van der Waals surface area contributed by atoms with Crippen LogP contribution in [0.25, 0.3) is 0 Å². The van der Waals surface area contributed by atoms with Crippen LogP contribution in [0.15, 0.2) is 46.7 Å². The maximum Gasteiger partial charge on any atom is 0.244 e. The molecule has 0 heterocycles. The summed E-state index contributed by atoms with van der Waals surface area (Å²) in [6.07, 6.45) is 3.47. The highest BCUT2D eigenvalue weighted by Gasteiger charge is 2.43. The summed E-state index contributed by atoms with van der Waals surface area (Å²) in [5.41, 5.74) is 5.49. The molecule has 0 unspecified atom stereocenters. The van der Waals surface area contributed by atoms with Crippen molar-refractivity contribution in [1.29, 1.82) is 0 Å². The molecule has 0 radical (unpaired) electrons. The number of sulfonamides is 2. The molecular formula is C38H60N2O4S2. The van der Waals surface area contributed by atoms with E-state index < -0.39 is 32.1 Å². The van der Waals surface area contributed by atoms with E-state index in [0.29, 0.717) is 22.6 Å². The van der Waals surface area contributed by atoms with Crippen LogP contribution in [0.2, 0.25) is 0 Å². The van der Waals surface area contributed by atoms with E-state index in [-0.39, 0.29) is 42.1 Å². The molecule has 1 aliphatic carbocycles. The molecule has 46 heavy (non-hydrogen) atoms. The summed E-state index contributed by atoms with van der Waals surface area (Å²) >= 11 is 0. The first-order chi connectivity index (χ1) is 21.3. The van der Waals surface area contributed by atoms with Crippen molar-refractivity contribution in [2.24, 2.45) is 0 Å². The summed E-state index contributed by atoms with van der Waals surface area (Å²) < 4.78 is 63.3. The molecule has 1 fully saturated rings. The second kappa shape index (κ2) is 15.0. The molecule has 2 aromatic carbocycles. The van der Waals surface area contributed by atoms with Crippen LogP contribution in [-0.4, -0.2) is 39.8 Å². The SMILES string of the molecule is C=CCN([C@@H]1CCC[C@@H]1NS(=O)(=O)c1c(C(C)C)cc(C(C)C)cc1C(C)C)S(=O)(=O)c1c(C(C)C)cc(C(C)C)cc1C(C)C. The minimum absolute atomic E-state index is 0.00230. The third-order valence-electron chi connectivity index (χ3n) is 9.46. The molecule has 0 spiro atoms. The van der Waals surface area contributed by atoms with E-state index in [1.165, 1.54) is 4.31 Å². The minimum Gasteiger partial charge on any atom is -0.207 e. The Kier molecular flexibility index (Phi) is 12.6. The van der Waals surface area contributed by atoms with E-state index in [4.69, 9.17) is 0 Å². The summed E-state index contributed by atoms with van der Waals surface area (Å²) in [6, 6.07) is 7.08. The monoisotopic (exact) mass is 672 g/mol. The van der Waals surface area contributed by atoms with Crippen LogP contribution in [-0.2, 0) is 20.0 Å². The van der Waals surface area contributed by atoms with Gasteiger partial charge in [0.1, 0.15) is 0 Å². The molecular weight excluding hydrogens is 613 g/mol. The van der Waals surface area contributed by atoms with Crippen LogP contribution >= 0.6 is 0 Å². The highest BCUT2D eigenvalue weighted by Crippen LogP contribution is 2.40. The molecule has 1 saturated carbocycles. The van der Waals surface area contributed by atoms with Crippen molar-refractivity contribution in [2.75, 3.05) is 6.54 Å². The Morgan fingerprint density at radius 2 is 1.07 bits per heavy atom. The van der Waals surface area contributed by atoms with Crippen molar-refractivity contribution in [3.63, 3.8) is 0 Å². The lowest BCUT2D eigenvalue weighted by Gasteiger charge is -2.34. The average Bonchev–Trinajstić information content (AvgIpc) is 3.40. The van der Waals surface area contributed by atoms with Gasteiger partial charge in [-0.2, -0.15) is 4.31 Å². The molecule has 1 aliphatic rings. The van der Waals surface area contributed by atoms with Gasteiger partial charge in [0.2, 0.25) is 20.0 Å². The summed E-state index contributed by atoms with van der Waals surface area (Å²) in [5, 5.41) is 0. The van der Waals surface area contributed by atoms with Gasteiger partial charge in [-0.05, 0) is 81.7 Å². The maximum absolute atomic E-state index is 14.9. The normalized spacial score (nSPS) is 18.0. The Morgan fingerprint density at radius 1 is 0.674 bits per heavy atom. The fourth-order valence-corrected chi connectivity index (χ4v) is 11.1. The minimum atomic E-state index is -4.02. The number of hydrogen-bond acceptors (Lipinski definition) is 4. The fourth-order valence-electron chi connectivity index (χ4n) is 6.72. The Bertz CT molecular complexity index is 1540. The van der Waals surface area contributed by atoms with Crippen LogP contribution in [0.1, 0.15) is 171 Å². The number of nitrogens with one attached hydrogen (secondary N) is 1. The van der Waals surface area contributed by atoms with Crippen molar-refractivity contribution in [3.05, 3.63) is 70.3 Å². The standard InChI is InChI=1S/C38H60N2O4S2/c1-14-18-40(46(43,44)38-33(27(10)11)21-30(24(4)5)22-34(38)28(12)13)36-17-15-16-35(36)39-45(41,42)37-31(25(6)7)19-29(23(2)3)20-32(37)26(8)9/h14,19-28,35-36,39H,1,15-18H2,2-13H3/t35-,36+/m0/s1. The zero-order chi connectivity index (χ0) is 34.9. The highest BCUT2D eigenvalue weighted by molar-refractivity contribution is 7.90. The van der Waals surface area contributed by atoms with Gasteiger partial charge >= 0.3 is 0 Å². The lowest BCUT2D eigenvalue weighted by Crippen LogP contribution is -2.51. The third-order valence-corrected chi connectivity index (χ3v) is 13.1. The molecule has 0 bridgehead atoms. The molecule has 8 heteroatoms. The molecule has 1 N–H and O–H groups in total. The number of nitrogens with zero attached hydrogens (tertiary/aromatic N) is 1. The van der Waals surface area contributed by atoms with Gasteiger partial charge in [0.15, 0.2) is 0 Å². The molecule has 0 saturated heterocycles. The van der Waals surface area contributed by atoms with Gasteiger partial charge in [-0.25, -0.2) is 21.6 Å². The van der Waals surface area contributed by atoms with E-state index >= 15 is 0 Å². The Morgan fingerprint density at radius 3 is 1.41 bits per heavy atom. The van der Waals surface area contributed by atoms with Crippen LogP contribution in [0.4, 0.5) is 0 Å². The predicted octanol–water partition coefficient (Wildman–Crippen LogP) is 9.50. The molecule has 0 amide bonds. The quantitative estimate of drug-likeness (QED) is 0.203. The Hall–Kier alpha value is -2.00. The van der Waals surface area contributed by atoms with E-state index in [1.54, 1.807) is 6.08 Å². The average molecular weight is 673 g/mol. The third kappa shape index (κ3) is 7.99. The zero-order valence-electron chi connectivity index (χ0n) is 30.4. The topological polar surface area (TPSA) is 83.6 Å². The van der Waals surface area contributed by atoms with Crippen molar-refractivity contribution in [1.82, 2.24) is 9.03 Å². The number of rotatable bonds is 14. The summed E-state index contributed by atoms with van der Waals surface area (Å²) in [4.78, 5) is 0.713. The van der Waals surface area contributed by atoms with Gasteiger partial charge in [0, 0.05) is 18.6 Å². The number of benzene rings is 2. The van der Waals surface area contributed by atoms with Crippen molar-refractivity contribution < 1.29 is 16.8 Å². The van der Waals surface area contributed by atoms with Crippen molar-refractivity contribution >= 4 is 20.0 Å². The van der Waals surface area contributed by atoms with Gasteiger partial charge in [0.05, 0.1) is 9.79 Å². The van der Waals surface area contributed by atoms with Gasteiger partial charge in [-0.15, -0.1) is 6.58 Å². The highest BCUT2D eigenvalue weighted by atomic mass is 32.2. The van der Waals surface area contributed by atoms with Gasteiger partial charge in [0.25, 0.3) is 0 Å². The fraction of sp³-hybridized carbons (Fsp3) is 0.632. The summed E-state index contributed by atoms with van der Waals surface area (Å²) in [5.74, 6) is 0.489. The van der Waals surface area contributed by atoms with Crippen LogP contribution in [0, 0.1) is 0 Å². The summed E-state index contributed by atoms with van der Waals surface area (Å²) in [6.45, 7) is 28.8. The molecule has 6 nitrogen and oxygen atoms in total. The van der Waals surface area contributed by atoms with Crippen LogP contribution < -0.4 is 4.72 Å². The van der Waals surface area contributed by atoms with Crippen molar-refractivity contribution in [2.45, 2.75) is 160 Å². The molecule has 0 aromatic heterocycles. The lowest BCUT2D eigenvalue weighted by molar-refractivity contribution is 0.312. The second-order valence-corrected chi connectivity index (χ2v) is 18.6. The van der Waals surface area contributed by atoms with Crippen LogP contribution in [0.5, 0.6) is 0 Å². The molecule has 3 rings (SSSR count). The largest absolute Gasteiger partial charge is 0.244 e. The van der Waals surface area contributed by atoms with Crippen molar-refractivity contribution in [3.8, 4) is 0 Å². The Labute approximate surface area is 281 Å². The van der Waals surface area contributed by atoms with E-state index in [1.807, 2.05) is 67.5 Å². The smallest absolute Gasteiger partial charge is 0.207 e. The van der Waals surface area contributed by atoms with Gasteiger partial charge in [-0.3, -0.25) is 0 Å². The molecule has 2 atom stereocenters. The second-order valence-electron chi connectivity index (χ2n) is 15.1. The predicted molar refractivity (Wildman–Crippen MR) is 193 cm³/mol. The van der Waals surface area contributed by atoms with Crippen LogP contribution in [0.3, 0.4) is 0 Å². The molecule has 258 valence electrons. The first-order valence-electron chi connectivity index (χ1n) is 17.3. The first kappa shape index (κ1) is 38.4. The zero-order valence-corrected chi connectivity index (χ0v) is 32.1. The lowest BCUT2D eigenvalue weighted by atomic mass is 9.89. The van der Waals surface area contributed by atoms with Gasteiger partial charge in [-0.1, -0.05) is 120 Å². The van der Waals surface area contributed by atoms with E-state index in [9.17, 15) is 16.8 Å². The van der Waals surface area contributed by atoms with E-state index in [2.05, 4.69) is 51.1 Å². The molecule has 2 aromatic rings. The van der Waals surface area contributed by atoms with E-state index in [0.717, 1.165) is 39.8 Å². The summed E-state index contributed by atoms with van der Waals surface area (Å²) in [7, 11) is -8.01. The van der Waals surface area contributed by atoms with Gasteiger partial charge < -0.3 is 0 Å². The number of hydrogen-bond donors (Lipinski definition) is 1. The molecule has 0 aliphatic heterocycles.